The summed E-state index contributed by atoms with van der Waals surface area (Å²) < 4.78 is 12.2. The van der Waals surface area contributed by atoms with Crippen LogP contribution in [0.25, 0.3) is 0 Å². The van der Waals surface area contributed by atoms with E-state index in [0.29, 0.717) is 10.6 Å². The molecule has 20 heavy (non-hydrogen) atoms. The number of carbonyl (C=O) groups is 2. The van der Waals surface area contributed by atoms with Crippen LogP contribution in [-0.4, -0.2) is 28.8 Å². The van der Waals surface area contributed by atoms with Crippen LogP contribution >= 0.6 is 11.6 Å². The number of nitrogens with one attached hydrogen (secondary N) is 1. The molecule has 0 fully saturated rings. The van der Waals surface area contributed by atoms with Crippen LogP contribution in [0.2, 0.25) is 5.02 Å². The Labute approximate surface area is 124 Å². The number of aliphatic carboxylic acids is 1. The van der Waals surface area contributed by atoms with Crippen molar-refractivity contribution in [2.24, 2.45) is 0 Å². The first kappa shape index (κ1) is 14.7. The SMILES string of the molecule is [2H]CC(C)(C)OC(=O)N[C@@H](Cc1ccccc1Cl)C(=O)O. The number of carbonyl (C=O) groups excluding carboxylic acids is 1. The first-order valence-corrected chi connectivity index (χ1v) is 6.38. The fourth-order valence-electron chi connectivity index (χ4n) is 1.51. The van der Waals surface area contributed by atoms with Gasteiger partial charge in [0.25, 0.3) is 0 Å². The summed E-state index contributed by atoms with van der Waals surface area (Å²) in [5.74, 6) is -1.18. The van der Waals surface area contributed by atoms with E-state index in [9.17, 15) is 14.7 Å². The highest BCUT2D eigenvalue weighted by atomic mass is 35.5. The summed E-state index contributed by atoms with van der Waals surface area (Å²) >= 11 is 5.98. The molecule has 0 heterocycles. The minimum absolute atomic E-state index is 0.0470. The summed E-state index contributed by atoms with van der Waals surface area (Å²) in [5, 5.41) is 11.9. The molecule has 0 aliphatic heterocycles. The monoisotopic (exact) mass is 300 g/mol. The average Bonchev–Trinajstić information content (AvgIpc) is 2.39. The Kier molecular flexibility index (Phi) is 4.84. The van der Waals surface area contributed by atoms with Gasteiger partial charge in [0.15, 0.2) is 0 Å². The molecule has 0 aromatic heterocycles. The van der Waals surface area contributed by atoms with Crippen molar-refractivity contribution in [3.05, 3.63) is 34.9 Å². The van der Waals surface area contributed by atoms with Crippen LogP contribution in [0.4, 0.5) is 4.79 Å². The highest BCUT2D eigenvalue weighted by Gasteiger charge is 2.24. The zero-order valence-corrected chi connectivity index (χ0v) is 12.1. The van der Waals surface area contributed by atoms with Crippen molar-refractivity contribution < 1.29 is 20.8 Å². The molecule has 0 saturated carbocycles. The third-order valence-corrected chi connectivity index (χ3v) is 2.71. The molecule has 0 radical (unpaired) electrons. The minimum Gasteiger partial charge on any atom is -0.480 e. The van der Waals surface area contributed by atoms with Gasteiger partial charge in [-0.05, 0) is 32.4 Å². The second kappa shape index (κ2) is 6.61. The number of hydrogen-bond acceptors (Lipinski definition) is 3. The molecule has 0 spiro atoms. The number of halogens is 1. The van der Waals surface area contributed by atoms with Gasteiger partial charge in [0, 0.05) is 12.8 Å². The molecule has 0 aliphatic carbocycles. The van der Waals surface area contributed by atoms with Crippen LogP contribution in [0.5, 0.6) is 0 Å². The largest absolute Gasteiger partial charge is 0.480 e. The van der Waals surface area contributed by atoms with E-state index in [1.54, 1.807) is 38.1 Å². The molecule has 6 heteroatoms. The normalized spacial score (nSPS) is 13.2. The molecular formula is C14H18ClNO4. The number of amides is 1. The summed E-state index contributed by atoms with van der Waals surface area (Å²) in [6.07, 6.45) is -0.822. The van der Waals surface area contributed by atoms with Gasteiger partial charge in [-0.25, -0.2) is 9.59 Å². The number of benzene rings is 1. The van der Waals surface area contributed by atoms with Crippen molar-refractivity contribution in [1.82, 2.24) is 5.32 Å². The highest BCUT2D eigenvalue weighted by molar-refractivity contribution is 6.31. The summed E-state index contributed by atoms with van der Waals surface area (Å²) in [6, 6.07) is 5.66. The number of alkyl carbamates (subject to hydrolysis) is 1. The molecule has 0 bridgehead atoms. The van der Waals surface area contributed by atoms with Gasteiger partial charge in [-0.3, -0.25) is 0 Å². The van der Waals surface area contributed by atoms with E-state index in [4.69, 9.17) is 17.7 Å². The zero-order chi connectivity index (χ0) is 16.0. The Hall–Kier alpha value is -1.75. The number of rotatable bonds is 4. The Morgan fingerprint density at radius 2 is 2.15 bits per heavy atom. The Morgan fingerprint density at radius 3 is 2.70 bits per heavy atom. The maximum absolute atomic E-state index is 11.7. The van der Waals surface area contributed by atoms with Gasteiger partial charge in [-0.2, -0.15) is 0 Å². The lowest BCUT2D eigenvalue weighted by atomic mass is 10.1. The molecule has 0 saturated heterocycles. The lowest BCUT2D eigenvalue weighted by Crippen LogP contribution is -2.44. The summed E-state index contributed by atoms with van der Waals surface area (Å²) in [5.41, 5.74) is -0.357. The number of hydrogen-bond donors (Lipinski definition) is 2. The van der Waals surface area contributed by atoms with Gasteiger partial charge in [0.2, 0.25) is 0 Å². The molecule has 0 aliphatic rings. The Morgan fingerprint density at radius 1 is 1.50 bits per heavy atom. The van der Waals surface area contributed by atoms with Crippen LogP contribution in [-0.2, 0) is 16.0 Å². The first-order chi connectivity index (χ1) is 9.75. The molecule has 1 amide bonds. The van der Waals surface area contributed by atoms with E-state index in [1.165, 1.54) is 0 Å². The topological polar surface area (TPSA) is 75.6 Å². The summed E-state index contributed by atoms with van der Waals surface area (Å²) in [6.45, 7) is 3.02. The zero-order valence-electron chi connectivity index (χ0n) is 12.4. The molecule has 5 nitrogen and oxygen atoms in total. The second-order valence-electron chi connectivity index (χ2n) is 4.98. The fourth-order valence-corrected chi connectivity index (χ4v) is 1.72. The van der Waals surface area contributed by atoms with Crippen molar-refractivity contribution in [2.45, 2.75) is 38.8 Å². The van der Waals surface area contributed by atoms with Gasteiger partial charge < -0.3 is 15.2 Å². The lowest BCUT2D eigenvalue weighted by Gasteiger charge is -2.22. The quantitative estimate of drug-likeness (QED) is 0.896. The summed E-state index contributed by atoms with van der Waals surface area (Å²) in [4.78, 5) is 22.9. The highest BCUT2D eigenvalue weighted by Crippen LogP contribution is 2.17. The summed E-state index contributed by atoms with van der Waals surface area (Å²) in [7, 11) is 0. The molecule has 110 valence electrons. The standard InChI is InChI=1S/C14H18ClNO4/c1-14(2,3)20-13(19)16-11(12(17)18)8-9-6-4-5-7-10(9)15/h4-7,11H,8H2,1-3H3,(H,16,19)(H,17,18)/t11-/m0/s1/i1D. The molecule has 0 unspecified atom stereocenters. The van der Waals surface area contributed by atoms with Gasteiger partial charge in [-0.1, -0.05) is 29.8 Å². The lowest BCUT2D eigenvalue weighted by molar-refractivity contribution is -0.139. The van der Waals surface area contributed by atoms with E-state index in [0.717, 1.165) is 0 Å². The number of carboxylic acids is 1. The predicted molar refractivity (Wildman–Crippen MR) is 75.9 cm³/mol. The van der Waals surface area contributed by atoms with Gasteiger partial charge in [0.1, 0.15) is 11.6 Å². The van der Waals surface area contributed by atoms with Crippen molar-refractivity contribution in [3.63, 3.8) is 0 Å². The van der Waals surface area contributed by atoms with E-state index >= 15 is 0 Å². The fraction of sp³-hybridized carbons (Fsp3) is 0.429. The van der Waals surface area contributed by atoms with Crippen LogP contribution < -0.4 is 5.32 Å². The van der Waals surface area contributed by atoms with Crippen molar-refractivity contribution in [3.8, 4) is 0 Å². The van der Waals surface area contributed by atoms with E-state index in [-0.39, 0.29) is 13.3 Å². The minimum atomic E-state index is -1.18. The Balaban J connectivity index is 2.73. The van der Waals surface area contributed by atoms with Crippen molar-refractivity contribution in [1.29, 1.82) is 0 Å². The van der Waals surface area contributed by atoms with E-state index in [2.05, 4.69) is 5.32 Å². The number of carboxylic acid groups (broad SMARTS) is 1. The number of ether oxygens (including phenoxy) is 1. The molecule has 1 aromatic carbocycles. The smallest absolute Gasteiger partial charge is 0.408 e. The van der Waals surface area contributed by atoms with E-state index in [1.807, 2.05) is 0 Å². The molecule has 1 atom stereocenters. The third-order valence-electron chi connectivity index (χ3n) is 2.34. The molecule has 1 rings (SSSR count). The molecule has 2 N–H and O–H groups in total. The average molecular weight is 301 g/mol. The van der Waals surface area contributed by atoms with Gasteiger partial charge in [0.05, 0.1) is 0 Å². The van der Waals surface area contributed by atoms with E-state index < -0.39 is 23.7 Å². The van der Waals surface area contributed by atoms with Crippen molar-refractivity contribution >= 4 is 23.7 Å². The van der Waals surface area contributed by atoms with Crippen LogP contribution in [0.3, 0.4) is 0 Å². The van der Waals surface area contributed by atoms with Crippen molar-refractivity contribution in [2.75, 3.05) is 0 Å². The van der Waals surface area contributed by atoms with Gasteiger partial charge >= 0.3 is 12.1 Å². The first-order valence-electron chi connectivity index (χ1n) is 6.71. The van der Waals surface area contributed by atoms with Crippen LogP contribution in [0.1, 0.15) is 27.7 Å². The maximum Gasteiger partial charge on any atom is 0.408 e. The van der Waals surface area contributed by atoms with Crippen LogP contribution in [0, 0.1) is 0 Å². The molecular weight excluding hydrogens is 282 g/mol. The third kappa shape index (κ3) is 5.48. The van der Waals surface area contributed by atoms with Crippen LogP contribution in [0.15, 0.2) is 24.3 Å². The maximum atomic E-state index is 11.7. The Bertz CT molecular complexity index is 521. The van der Waals surface area contributed by atoms with Gasteiger partial charge in [-0.15, -0.1) is 0 Å². The second-order valence-corrected chi connectivity index (χ2v) is 5.39. The molecule has 1 aromatic rings. The predicted octanol–water partition coefficient (Wildman–Crippen LogP) is 2.86.